The summed E-state index contributed by atoms with van der Waals surface area (Å²) in [5.41, 5.74) is 9.00. The molecule has 18 heavy (non-hydrogen) atoms. The fourth-order valence-corrected chi connectivity index (χ4v) is 1.79. The van der Waals surface area contributed by atoms with Crippen molar-refractivity contribution in [2.24, 2.45) is 0 Å². The van der Waals surface area contributed by atoms with Crippen LogP contribution in [0.4, 0.5) is 5.82 Å². The Labute approximate surface area is 105 Å². The van der Waals surface area contributed by atoms with Crippen LogP contribution in [0.15, 0.2) is 36.4 Å². The zero-order chi connectivity index (χ0) is 13.1. The van der Waals surface area contributed by atoms with Crippen molar-refractivity contribution in [1.82, 2.24) is 4.98 Å². The molecular formula is C14H14N2O2. The number of methoxy groups -OCH3 is 1. The minimum Gasteiger partial charge on any atom is -0.465 e. The summed E-state index contributed by atoms with van der Waals surface area (Å²) < 4.78 is 4.65. The molecule has 2 N–H and O–H groups in total. The van der Waals surface area contributed by atoms with Gasteiger partial charge in [-0.2, -0.15) is 0 Å². The molecule has 0 unspecified atom stereocenters. The summed E-state index contributed by atoms with van der Waals surface area (Å²) in [7, 11) is 1.37. The highest BCUT2D eigenvalue weighted by atomic mass is 16.5. The number of aromatic nitrogens is 1. The lowest BCUT2D eigenvalue weighted by Crippen LogP contribution is -2.00. The van der Waals surface area contributed by atoms with Crippen molar-refractivity contribution in [3.8, 4) is 11.1 Å². The Morgan fingerprint density at radius 2 is 1.83 bits per heavy atom. The topological polar surface area (TPSA) is 65.2 Å². The molecule has 0 aliphatic heterocycles. The van der Waals surface area contributed by atoms with Gasteiger partial charge in [-0.05, 0) is 36.8 Å². The van der Waals surface area contributed by atoms with Crippen molar-refractivity contribution < 1.29 is 9.53 Å². The molecule has 4 nitrogen and oxygen atoms in total. The molecule has 0 atom stereocenters. The van der Waals surface area contributed by atoms with E-state index in [4.69, 9.17) is 5.73 Å². The van der Waals surface area contributed by atoms with E-state index in [0.717, 1.165) is 16.8 Å². The van der Waals surface area contributed by atoms with Gasteiger partial charge in [0.05, 0.1) is 12.7 Å². The highest BCUT2D eigenvalue weighted by Gasteiger charge is 2.07. The first kappa shape index (κ1) is 12.1. The largest absolute Gasteiger partial charge is 0.465 e. The Kier molecular flexibility index (Phi) is 3.28. The zero-order valence-corrected chi connectivity index (χ0v) is 10.3. The van der Waals surface area contributed by atoms with E-state index in [2.05, 4.69) is 9.72 Å². The maximum atomic E-state index is 11.3. The number of hydrogen-bond acceptors (Lipinski definition) is 4. The molecule has 4 heteroatoms. The van der Waals surface area contributed by atoms with Crippen molar-refractivity contribution in [3.63, 3.8) is 0 Å². The average molecular weight is 242 g/mol. The number of ether oxygens (including phenoxy) is 1. The van der Waals surface area contributed by atoms with E-state index in [1.54, 1.807) is 18.2 Å². The number of carbonyl (C=O) groups is 1. The molecule has 1 heterocycles. The predicted octanol–water partition coefficient (Wildman–Crippen LogP) is 2.43. The van der Waals surface area contributed by atoms with Gasteiger partial charge >= 0.3 is 5.97 Å². The SMILES string of the molecule is COC(=O)c1ccc(-c2ccc(N)nc2C)cc1. The van der Waals surface area contributed by atoms with Crippen molar-refractivity contribution in [2.75, 3.05) is 12.8 Å². The number of hydrogen-bond donors (Lipinski definition) is 1. The summed E-state index contributed by atoms with van der Waals surface area (Å²) in [4.78, 5) is 15.5. The summed E-state index contributed by atoms with van der Waals surface area (Å²) in [6, 6.07) is 10.9. The van der Waals surface area contributed by atoms with Gasteiger partial charge in [-0.3, -0.25) is 0 Å². The normalized spacial score (nSPS) is 10.1. The molecule has 1 aromatic carbocycles. The molecule has 2 aromatic rings. The van der Waals surface area contributed by atoms with Crippen LogP contribution >= 0.6 is 0 Å². The first-order valence-corrected chi connectivity index (χ1v) is 5.53. The van der Waals surface area contributed by atoms with Crippen LogP contribution in [0, 0.1) is 6.92 Å². The summed E-state index contributed by atoms with van der Waals surface area (Å²) in [5.74, 6) is 0.163. The van der Waals surface area contributed by atoms with Crippen LogP contribution in [0.5, 0.6) is 0 Å². The van der Waals surface area contributed by atoms with Gasteiger partial charge in [0.25, 0.3) is 0 Å². The maximum Gasteiger partial charge on any atom is 0.337 e. The number of nitrogen functional groups attached to an aromatic ring is 1. The highest BCUT2D eigenvalue weighted by molar-refractivity contribution is 5.90. The fourth-order valence-electron chi connectivity index (χ4n) is 1.79. The summed E-state index contributed by atoms with van der Waals surface area (Å²) in [6.07, 6.45) is 0. The number of rotatable bonds is 2. The molecule has 0 fully saturated rings. The third-order valence-electron chi connectivity index (χ3n) is 2.72. The summed E-state index contributed by atoms with van der Waals surface area (Å²) in [5, 5.41) is 0. The molecule has 2 rings (SSSR count). The maximum absolute atomic E-state index is 11.3. The van der Waals surface area contributed by atoms with Gasteiger partial charge in [0.1, 0.15) is 5.82 Å². The lowest BCUT2D eigenvalue weighted by atomic mass is 10.0. The number of nitrogens with zero attached hydrogens (tertiary/aromatic N) is 1. The van der Waals surface area contributed by atoms with Gasteiger partial charge in [-0.15, -0.1) is 0 Å². The van der Waals surface area contributed by atoms with Crippen LogP contribution in [0.3, 0.4) is 0 Å². The van der Waals surface area contributed by atoms with Gasteiger partial charge in [-0.1, -0.05) is 12.1 Å². The molecule has 1 aromatic heterocycles. The van der Waals surface area contributed by atoms with E-state index in [0.29, 0.717) is 11.4 Å². The van der Waals surface area contributed by atoms with Gasteiger partial charge in [0.15, 0.2) is 0 Å². The summed E-state index contributed by atoms with van der Waals surface area (Å²) >= 11 is 0. The van der Waals surface area contributed by atoms with Crippen LogP contribution in [0.1, 0.15) is 16.1 Å². The van der Waals surface area contributed by atoms with Gasteiger partial charge in [0.2, 0.25) is 0 Å². The van der Waals surface area contributed by atoms with Crippen LogP contribution < -0.4 is 5.73 Å². The fraction of sp³-hybridized carbons (Fsp3) is 0.143. The number of aryl methyl sites for hydroxylation is 1. The Morgan fingerprint density at radius 1 is 1.17 bits per heavy atom. The van der Waals surface area contributed by atoms with Crippen molar-refractivity contribution in [2.45, 2.75) is 6.92 Å². The molecule has 0 bridgehead atoms. The molecule has 0 radical (unpaired) electrons. The Hall–Kier alpha value is -2.36. The zero-order valence-electron chi connectivity index (χ0n) is 10.3. The lowest BCUT2D eigenvalue weighted by Gasteiger charge is -2.07. The standard InChI is InChI=1S/C14H14N2O2/c1-9-12(7-8-13(15)16-9)10-3-5-11(6-4-10)14(17)18-2/h3-8H,1-2H3,(H2,15,16). The van der Waals surface area contributed by atoms with Gasteiger partial charge in [-0.25, -0.2) is 9.78 Å². The molecular weight excluding hydrogens is 228 g/mol. The van der Waals surface area contributed by atoms with Crippen LogP contribution in [-0.2, 0) is 4.74 Å². The summed E-state index contributed by atoms with van der Waals surface area (Å²) in [6.45, 7) is 1.90. The third-order valence-corrected chi connectivity index (χ3v) is 2.72. The molecule has 0 amide bonds. The molecule has 0 saturated carbocycles. The number of nitrogens with two attached hydrogens (primary N) is 1. The number of benzene rings is 1. The number of pyridine rings is 1. The smallest absolute Gasteiger partial charge is 0.337 e. The third kappa shape index (κ3) is 2.32. The second-order valence-electron chi connectivity index (χ2n) is 3.94. The molecule has 0 aliphatic rings. The van der Waals surface area contributed by atoms with Crippen molar-refractivity contribution in [3.05, 3.63) is 47.7 Å². The van der Waals surface area contributed by atoms with Crippen molar-refractivity contribution >= 4 is 11.8 Å². The molecule has 0 spiro atoms. The quantitative estimate of drug-likeness (QED) is 0.821. The first-order chi connectivity index (χ1) is 8.61. The predicted molar refractivity (Wildman–Crippen MR) is 70.2 cm³/mol. The lowest BCUT2D eigenvalue weighted by molar-refractivity contribution is 0.0601. The van der Waals surface area contributed by atoms with Crippen molar-refractivity contribution in [1.29, 1.82) is 0 Å². The van der Waals surface area contributed by atoms with Crippen LogP contribution in [-0.4, -0.2) is 18.1 Å². The van der Waals surface area contributed by atoms with Gasteiger partial charge in [0, 0.05) is 11.3 Å². The second-order valence-corrected chi connectivity index (χ2v) is 3.94. The van der Waals surface area contributed by atoms with Crippen LogP contribution in [0.2, 0.25) is 0 Å². The molecule has 92 valence electrons. The van der Waals surface area contributed by atoms with E-state index >= 15 is 0 Å². The van der Waals surface area contributed by atoms with E-state index in [9.17, 15) is 4.79 Å². The number of carbonyl (C=O) groups excluding carboxylic acids is 1. The number of anilines is 1. The van der Waals surface area contributed by atoms with E-state index < -0.39 is 0 Å². The van der Waals surface area contributed by atoms with E-state index in [1.165, 1.54) is 7.11 Å². The Morgan fingerprint density at radius 3 is 2.39 bits per heavy atom. The monoisotopic (exact) mass is 242 g/mol. The van der Waals surface area contributed by atoms with E-state index in [-0.39, 0.29) is 5.97 Å². The Balaban J connectivity index is 2.37. The number of esters is 1. The van der Waals surface area contributed by atoms with E-state index in [1.807, 2.05) is 25.1 Å². The highest BCUT2D eigenvalue weighted by Crippen LogP contribution is 2.23. The van der Waals surface area contributed by atoms with Gasteiger partial charge < -0.3 is 10.5 Å². The minimum absolute atomic E-state index is 0.339. The first-order valence-electron chi connectivity index (χ1n) is 5.53. The van der Waals surface area contributed by atoms with Crippen LogP contribution in [0.25, 0.3) is 11.1 Å². The molecule has 0 saturated heterocycles. The average Bonchev–Trinajstić information content (AvgIpc) is 2.38. The second kappa shape index (κ2) is 4.87. The molecule has 0 aliphatic carbocycles. The Bertz CT molecular complexity index is 577. The minimum atomic E-state index is -0.339.